The summed E-state index contributed by atoms with van der Waals surface area (Å²) in [7, 11) is 1.38. The van der Waals surface area contributed by atoms with Crippen LogP contribution in [0.3, 0.4) is 0 Å². The minimum atomic E-state index is -0.650. The van der Waals surface area contributed by atoms with Crippen molar-refractivity contribution in [1.29, 1.82) is 0 Å². The summed E-state index contributed by atoms with van der Waals surface area (Å²) in [4.78, 5) is 23.2. The van der Waals surface area contributed by atoms with Crippen LogP contribution < -0.4 is 21.1 Å². The van der Waals surface area contributed by atoms with Gasteiger partial charge in [0.05, 0.1) is 19.7 Å². The second-order valence-electron chi connectivity index (χ2n) is 5.23. The number of methoxy groups -OCH3 is 1. The summed E-state index contributed by atoms with van der Waals surface area (Å²) >= 11 is 0. The van der Waals surface area contributed by atoms with Crippen LogP contribution in [-0.2, 0) is 16.1 Å². The molecule has 1 rings (SSSR count). The maximum absolute atomic E-state index is 13.5. The number of carbonyl (C=O) groups excluding carboxylic acids is 2. The number of benzene rings is 1. The maximum atomic E-state index is 13.5. The van der Waals surface area contributed by atoms with Gasteiger partial charge in [0.15, 0.2) is 11.6 Å². The molecule has 0 aliphatic carbocycles. The van der Waals surface area contributed by atoms with Gasteiger partial charge in [0.1, 0.15) is 0 Å². The lowest BCUT2D eigenvalue weighted by Crippen LogP contribution is -2.47. The number of ether oxygens (including phenoxy) is 1. The van der Waals surface area contributed by atoms with E-state index in [2.05, 4.69) is 10.6 Å². The lowest BCUT2D eigenvalue weighted by Gasteiger charge is -2.15. The van der Waals surface area contributed by atoms with Crippen LogP contribution in [0.15, 0.2) is 18.2 Å². The van der Waals surface area contributed by atoms with Gasteiger partial charge in [-0.1, -0.05) is 19.9 Å². The number of amides is 2. The minimum absolute atomic E-state index is 0.00895. The first-order valence-corrected chi connectivity index (χ1v) is 6.97. The van der Waals surface area contributed by atoms with Gasteiger partial charge in [-0.15, -0.1) is 0 Å². The monoisotopic (exact) mass is 311 g/mol. The van der Waals surface area contributed by atoms with Crippen molar-refractivity contribution in [2.75, 3.05) is 13.7 Å². The Kier molecular flexibility index (Phi) is 6.78. The lowest BCUT2D eigenvalue weighted by molar-refractivity contribution is -0.127. The molecule has 2 amide bonds. The van der Waals surface area contributed by atoms with Crippen molar-refractivity contribution in [3.63, 3.8) is 0 Å². The van der Waals surface area contributed by atoms with Crippen LogP contribution >= 0.6 is 0 Å². The first-order chi connectivity index (χ1) is 10.3. The summed E-state index contributed by atoms with van der Waals surface area (Å²) in [6.45, 7) is 3.63. The van der Waals surface area contributed by atoms with Crippen LogP contribution in [0.25, 0.3) is 0 Å². The molecule has 1 aromatic carbocycles. The molecule has 0 aliphatic heterocycles. The molecular weight excluding hydrogens is 289 g/mol. The molecule has 1 atom stereocenters. The third-order valence-corrected chi connectivity index (χ3v) is 3.15. The van der Waals surface area contributed by atoms with E-state index in [-0.39, 0.29) is 36.6 Å². The standard InChI is InChI=1S/C15H22FN3O3/c1-9(2)14(17)15(21)19-8-13(20)18-7-10-4-5-12(22-3)11(16)6-10/h4-6,9,14H,7-8,17H2,1-3H3,(H,18,20)(H,19,21)/t14-/m0/s1. The fourth-order valence-electron chi connectivity index (χ4n) is 1.67. The molecule has 0 aromatic heterocycles. The molecule has 122 valence electrons. The Hall–Kier alpha value is -2.15. The third kappa shape index (κ3) is 5.33. The van der Waals surface area contributed by atoms with E-state index in [0.717, 1.165) is 0 Å². The first-order valence-electron chi connectivity index (χ1n) is 6.97. The normalized spacial score (nSPS) is 11.9. The van der Waals surface area contributed by atoms with Gasteiger partial charge >= 0.3 is 0 Å². The topological polar surface area (TPSA) is 93.5 Å². The highest BCUT2D eigenvalue weighted by Gasteiger charge is 2.17. The Morgan fingerprint density at radius 3 is 2.55 bits per heavy atom. The molecule has 0 bridgehead atoms. The van der Waals surface area contributed by atoms with Crippen LogP contribution in [-0.4, -0.2) is 31.5 Å². The van der Waals surface area contributed by atoms with Gasteiger partial charge < -0.3 is 21.1 Å². The SMILES string of the molecule is COc1ccc(CNC(=O)CNC(=O)[C@@H](N)C(C)C)cc1F. The number of nitrogens with two attached hydrogens (primary N) is 1. The second-order valence-corrected chi connectivity index (χ2v) is 5.23. The molecule has 0 saturated heterocycles. The van der Waals surface area contributed by atoms with E-state index in [9.17, 15) is 14.0 Å². The van der Waals surface area contributed by atoms with Gasteiger partial charge in [-0.05, 0) is 23.6 Å². The molecule has 0 fully saturated rings. The van der Waals surface area contributed by atoms with Crippen molar-refractivity contribution in [3.05, 3.63) is 29.6 Å². The Bertz CT molecular complexity index is 535. The molecule has 1 aromatic rings. The van der Waals surface area contributed by atoms with Crippen molar-refractivity contribution < 1.29 is 18.7 Å². The van der Waals surface area contributed by atoms with E-state index in [1.165, 1.54) is 19.2 Å². The Balaban J connectivity index is 2.40. The van der Waals surface area contributed by atoms with Gasteiger partial charge in [0.2, 0.25) is 11.8 Å². The average Bonchev–Trinajstić information content (AvgIpc) is 2.49. The number of rotatable bonds is 7. The molecule has 6 nitrogen and oxygen atoms in total. The molecule has 0 heterocycles. The highest BCUT2D eigenvalue weighted by molar-refractivity contribution is 5.87. The zero-order valence-electron chi connectivity index (χ0n) is 13.0. The van der Waals surface area contributed by atoms with Gasteiger partial charge in [-0.2, -0.15) is 0 Å². The van der Waals surface area contributed by atoms with E-state index in [4.69, 9.17) is 10.5 Å². The van der Waals surface area contributed by atoms with Crippen LogP contribution in [0.1, 0.15) is 19.4 Å². The molecule has 0 saturated carbocycles. The summed E-state index contributed by atoms with van der Waals surface area (Å²) in [5, 5.41) is 5.04. The molecule has 0 unspecified atom stereocenters. The zero-order chi connectivity index (χ0) is 16.7. The molecule has 22 heavy (non-hydrogen) atoms. The lowest BCUT2D eigenvalue weighted by atomic mass is 10.1. The number of hydrogen-bond acceptors (Lipinski definition) is 4. The van der Waals surface area contributed by atoms with Crippen LogP contribution in [0, 0.1) is 11.7 Å². The minimum Gasteiger partial charge on any atom is -0.494 e. The van der Waals surface area contributed by atoms with Gasteiger partial charge in [0, 0.05) is 6.54 Å². The molecule has 4 N–H and O–H groups in total. The predicted molar refractivity (Wildman–Crippen MR) is 80.6 cm³/mol. The Labute approximate surface area is 129 Å². The molecule has 0 spiro atoms. The summed E-state index contributed by atoms with van der Waals surface area (Å²) in [6.07, 6.45) is 0. The van der Waals surface area contributed by atoms with Crippen molar-refractivity contribution in [1.82, 2.24) is 10.6 Å². The second kappa shape index (κ2) is 8.33. The van der Waals surface area contributed by atoms with Crippen LogP contribution in [0.5, 0.6) is 5.75 Å². The maximum Gasteiger partial charge on any atom is 0.239 e. The van der Waals surface area contributed by atoms with Crippen molar-refractivity contribution in [2.45, 2.75) is 26.4 Å². The first kappa shape index (κ1) is 17.9. The number of nitrogens with one attached hydrogen (secondary N) is 2. The fraction of sp³-hybridized carbons (Fsp3) is 0.467. The largest absolute Gasteiger partial charge is 0.494 e. The molecule has 0 radical (unpaired) electrons. The summed E-state index contributed by atoms with van der Waals surface area (Å²) in [5.41, 5.74) is 6.25. The number of hydrogen-bond donors (Lipinski definition) is 3. The third-order valence-electron chi connectivity index (χ3n) is 3.15. The number of carbonyl (C=O) groups is 2. The molecule has 7 heteroatoms. The van der Waals surface area contributed by atoms with Crippen molar-refractivity contribution in [3.8, 4) is 5.75 Å². The highest BCUT2D eigenvalue weighted by atomic mass is 19.1. The van der Waals surface area contributed by atoms with Crippen LogP contribution in [0.2, 0.25) is 0 Å². The van der Waals surface area contributed by atoms with Gasteiger partial charge in [-0.25, -0.2) is 4.39 Å². The number of halogens is 1. The van der Waals surface area contributed by atoms with E-state index in [1.807, 2.05) is 13.8 Å². The van der Waals surface area contributed by atoms with E-state index in [0.29, 0.717) is 5.56 Å². The van der Waals surface area contributed by atoms with Crippen molar-refractivity contribution in [2.24, 2.45) is 11.7 Å². The Morgan fingerprint density at radius 2 is 2.00 bits per heavy atom. The van der Waals surface area contributed by atoms with E-state index >= 15 is 0 Å². The Morgan fingerprint density at radius 1 is 1.32 bits per heavy atom. The fourth-order valence-corrected chi connectivity index (χ4v) is 1.67. The molecule has 0 aliphatic rings. The summed E-state index contributed by atoms with van der Waals surface area (Å²) < 4.78 is 18.3. The quantitative estimate of drug-likeness (QED) is 0.685. The highest BCUT2D eigenvalue weighted by Crippen LogP contribution is 2.17. The van der Waals surface area contributed by atoms with Crippen molar-refractivity contribution >= 4 is 11.8 Å². The molecular formula is C15H22FN3O3. The smallest absolute Gasteiger partial charge is 0.239 e. The van der Waals surface area contributed by atoms with Gasteiger partial charge in [0.25, 0.3) is 0 Å². The summed E-state index contributed by atoms with van der Waals surface area (Å²) in [6, 6.07) is 3.77. The van der Waals surface area contributed by atoms with E-state index < -0.39 is 11.9 Å². The zero-order valence-corrected chi connectivity index (χ0v) is 13.0. The van der Waals surface area contributed by atoms with Crippen LogP contribution in [0.4, 0.5) is 4.39 Å². The van der Waals surface area contributed by atoms with Gasteiger partial charge in [-0.3, -0.25) is 9.59 Å². The van der Waals surface area contributed by atoms with E-state index in [1.54, 1.807) is 6.07 Å². The average molecular weight is 311 g/mol. The summed E-state index contributed by atoms with van der Waals surface area (Å²) in [5.74, 6) is -1.11. The predicted octanol–water partition coefficient (Wildman–Crippen LogP) is 0.550.